The van der Waals surface area contributed by atoms with Crippen LogP contribution in [0.3, 0.4) is 0 Å². The van der Waals surface area contributed by atoms with E-state index in [0.29, 0.717) is 11.3 Å². The molecule has 1 atom stereocenters. The van der Waals surface area contributed by atoms with Crippen LogP contribution in [0.25, 0.3) is 0 Å². The molecule has 2 spiro atoms. The summed E-state index contributed by atoms with van der Waals surface area (Å²) in [6.07, 6.45) is 9.76. The number of hydrogen-bond acceptors (Lipinski definition) is 1. The van der Waals surface area contributed by atoms with Crippen LogP contribution in [0, 0.1) is 10.8 Å². The van der Waals surface area contributed by atoms with Gasteiger partial charge in [-0.2, -0.15) is 0 Å². The van der Waals surface area contributed by atoms with Gasteiger partial charge < -0.3 is 5.32 Å². The fraction of sp³-hybridized carbons (Fsp3) is 0.929. The lowest BCUT2D eigenvalue weighted by Crippen LogP contribution is -2.63. The van der Waals surface area contributed by atoms with E-state index in [-0.39, 0.29) is 11.0 Å². The van der Waals surface area contributed by atoms with Gasteiger partial charge in [0.1, 0.15) is 0 Å². The van der Waals surface area contributed by atoms with Crippen LogP contribution in [-0.4, -0.2) is 11.4 Å². The molecule has 1 saturated heterocycles. The van der Waals surface area contributed by atoms with Gasteiger partial charge in [-0.25, -0.2) is 0 Å². The maximum absolute atomic E-state index is 11.9. The summed E-state index contributed by atoms with van der Waals surface area (Å²) in [6.45, 7) is 4.74. The number of amides is 1. The molecular weight excluding hydrogens is 198 g/mol. The molecule has 0 radical (unpaired) electrons. The van der Waals surface area contributed by atoms with Crippen molar-refractivity contribution in [3.8, 4) is 0 Å². The summed E-state index contributed by atoms with van der Waals surface area (Å²) >= 11 is 0. The minimum Gasteiger partial charge on any atom is -0.350 e. The van der Waals surface area contributed by atoms with Gasteiger partial charge in [0.2, 0.25) is 5.91 Å². The van der Waals surface area contributed by atoms with E-state index in [2.05, 4.69) is 19.2 Å². The minimum absolute atomic E-state index is 0.171. The van der Waals surface area contributed by atoms with Crippen molar-refractivity contribution in [2.24, 2.45) is 10.8 Å². The Hall–Kier alpha value is -0.530. The molecule has 1 N–H and O–H groups in total. The van der Waals surface area contributed by atoms with Crippen LogP contribution in [-0.2, 0) is 4.79 Å². The van der Waals surface area contributed by atoms with Crippen molar-refractivity contribution in [2.75, 3.05) is 0 Å². The Morgan fingerprint density at radius 1 is 1.00 bits per heavy atom. The van der Waals surface area contributed by atoms with Gasteiger partial charge in [0.15, 0.2) is 0 Å². The van der Waals surface area contributed by atoms with Crippen molar-refractivity contribution >= 4 is 5.91 Å². The fourth-order valence-electron chi connectivity index (χ4n) is 4.77. The van der Waals surface area contributed by atoms with Gasteiger partial charge in [-0.3, -0.25) is 4.79 Å². The van der Waals surface area contributed by atoms with Gasteiger partial charge in [-0.15, -0.1) is 0 Å². The number of rotatable bonds is 0. The lowest BCUT2D eigenvalue weighted by molar-refractivity contribution is -0.124. The molecule has 1 unspecified atom stereocenters. The highest BCUT2D eigenvalue weighted by molar-refractivity contribution is 5.81. The summed E-state index contributed by atoms with van der Waals surface area (Å²) < 4.78 is 0. The summed E-state index contributed by atoms with van der Waals surface area (Å²) in [5.74, 6) is 0.315. The second kappa shape index (κ2) is 3.02. The van der Waals surface area contributed by atoms with Gasteiger partial charge in [-0.05, 0) is 31.1 Å². The average molecular weight is 221 g/mol. The number of nitrogens with one attached hydrogen (secondary N) is 1. The molecule has 2 nitrogen and oxygen atoms in total. The Balaban J connectivity index is 1.99. The molecule has 3 fully saturated rings. The third-order valence-corrected chi connectivity index (χ3v) is 5.94. The first-order valence-electron chi connectivity index (χ1n) is 6.83. The van der Waals surface area contributed by atoms with E-state index >= 15 is 0 Å². The van der Waals surface area contributed by atoms with Crippen molar-refractivity contribution in [1.29, 1.82) is 0 Å². The molecular formula is C14H23NO. The molecule has 90 valence electrons. The minimum atomic E-state index is 0.171. The summed E-state index contributed by atoms with van der Waals surface area (Å²) in [4.78, 5) is 11.9. The Bertz CT molecular complexity index is 328. The third kappa shape index (κ3) is 1.06. The highest BCUT2D eigenvalue weighted by Gasteiger charge is 2.68. The molecule has 16 heavy (non-hydrogen) atoms. The molecule has 1 amide bonds. The topological polar surface area (TPSA) is 29.1 Å². The average Bonchev–Trinajstić information content (AvgIpc) is 2.53. The zero-order valence-corrected chi connectivity index (χ0v) is 10.6. The molecule has 2 aliphatic carbocycles. The Kier molecular flexibility index (Phi) is 2.01. The first-order valence-corrected chi connectivity index (χ1v) is 6.83. The number of carbonyl (C=O) groups is 1. The number of fused-ring (bicyclic) bond motifs is 1. The van der Waals surface area contributed by atoms with Crippen LogP contribution in [0.5, 0.6) is 0 Å². The maximum atomic E-state index is 11.9. The highest BCUT2D eigenvalue weighted by atomic mass is 16.2. The van der Waals surface area contributed by atoms with E-state index < -0.39 is 0 Å². The normalized spacial score (nSPS) is 39.8. The summed E-state index contributed by atoms with van der Waals surface area (Å²) in [5.41, 5.74) is 0.824. The number of carbonyl (C=O) groups excluding carboxylic acids is 1. The van der Waals surface area contributed by atoms with Crippen molar-refractivity contribution in [3.05, 3.63) is 0 Å². The molecule has 0 aromatic rings. The molecule has 2 saturated carbocycles. The predicted octanol–water partition coefficient (Wildman–Crippen LogP) is 3.02. The van der Waals surface area contributed by atoms with E-state index in [9.17, 15) is 4.79 Å². The Labute approximate surface area is 98.2 Å². The molecule has 0 bridgehead atoms. The first-order chi connectivity index (χ1) is 7.52. The van der Waals surface area contributed by atoms with E-state index in [1.165, 1.54) is 44.9 Å². The van der Waals surface area contributed by atoms with Gasteiger partial charge in [-0.1, -0.05) is 33.1 Å². The van der Waals surface area contributed by atoms with Gasteiger partial charge in [0, 0.05) is 17.4 Å². The van der Waals surface area contributed by atoms with Gasteiger partial charge >= 0.3 is 0 Å². The van der Waals surface area contributed by atoms with Crippen molar-refractivity contribution in [3.63, 3.8) is 0 Å². The molecule has 0 aromatic heterocycles. The SMILES string of the molecule is CC1(C)CCC12CC(=O)NC21CCCCC1. The Morgan fingerprint density at radius 3 is 2.19 bits per heavy atom. The Morgan fingerprint density at radius 2 is 1.69 bits per heavy atom. The summed E-state index contributed by atoms with van der Waals surface area (Å²) in [5, 5.41) is 3.38. The number of hydrogen-bond donors (Lipinski definition) is 1. The van der Waals surface area contributed by atoms with Crippen LogP contribution in [0.2, 0.25) is 0 Å². The predicted molar refractivity (Wildman–Crippen MR) is 64.0 cm³/mol. The second-order valence-corrected chi connectivity index (χ2v) is 6.83. The van der Waals surface area contributed by atoms with Gasteiger partial charge in [0.05, 0.1) is 0 Å². The van der Waals surface area contributed by atoms with Crippen molar-refractivity contribution in [2.45, 2.75) is 70.8 Å². The molecule has 0 aromatic carbocycles. The molecule has 3 rings (SSSR count). The third-order valence-electron chi connectivity index (χ3n) is 5.94. The smallest absolute Gasteiger partial charge is 0.221 e. The molecule has 1 aliphatic heterocycles. The molecule has 3 aliphatic rings. The highest BCUT2D eigenvalue weighted by Crippen LogP contribution is 2.68. The summed E-state index contributed by atoms with van der Waals surface area (Å²) in [7, 11) is 0. The lowest BCUT2D eigenvalue weighted by atomic mass is 9.42. The van der Waals surface area contributed by atoms with Crippen LogP contribution >= 0.6 is 0 Å². The van der Waals surface area contributed by atoms with Crippen molar-refractivity contribution < 1.29 is 4.79 Å². The fourth-order valence-corrected chi connectivity index (χ4v) is 4.77. The van der Waals surface area contributed by atoms with E-state index in [1.54, 1.807) is 0 Å². The largest absolute Gasteiger partial charge is 0.350 e. The van der Waals surface area contributed by atoms with Crippen LogP contribution in [0.1, 0.15) is 65.2 Å². The quantitative estimate of drug-likeness (QED) is 0.669. The second-order valence-electron chi connectivity index (χ2n) is 6.83. The van der Waals surface area contributed by atoms with Crippen LogP contribution in [0.15, 0.2) is 0 Å². The standard InChI is InChI=1S/C14H23NO/c1-12(2)8-9-13(12)10-11(16)15-14(13)6-4-3-5-7-14/h3-10H2,1-2H3,(H,15,16). The first kappa shape index (κ1) is 10.6. The van der Waals surface area contributed by atoms with Crippen LogP contribution in [0.4, 0.5) is 0 Å². The maximum Gasteiger partial charge on any atom is 0.221 e. The zero-order chi connectivity index (χ0) is 11.4. The zero-order valence-electron chi connectivity index (χ0n) is 10.6. The van der Waals surface area contributed by atoms with E-state index in [4.69, 9.17) is 0 Å². The van der Waals surface area contributed by atoms with Crippen LogP contribution < -0.4 is 5.32 Å². The van der Waals surface area contributed by atoms with E-state index in [0.717, 1.165) is 6.42 Å². The summed E-state index contributed by atoms with van der Waals surface area (Å²) in [6, 6.07) is 0. The van der Waals surface area contributed by atoms with E-state index in [1.807, 2.05) is 0 Å². The molecule has 1 heterocycles. The van der Waals surface area contributed by atoms with Crippen molar-refractivity contribution in [1.82, 2.24) is 5.32 Å². The monoisotopic (exact) mass is 221 g/mol. The molecule has 2 heteroatoms. The van der Waals surface area contributed by atoms with Gasteiger partial charge in [0.25, 0.3) is 0 Å². The lowest BCUT2D eigenvalue weighted by Gasteiger charge is -2.63.